The molecule has 0 saturated carbocycles. The molecule has 1 saturated heterocycles. The number of esters is 1. The molecule has 1 aliphatic rings. The third-order valence-corrected chi connectivity index (χ3v) is 6.41. The van der Waals surface area contributed by atoms with Gasteiger partial charge in [0.05, 0.1) is 13.7 Å². The second-order valence-corrected chi connectivity index (χ2v) is 8.67. The van der Waals surface area contributed by atoms with Crippen LogP contribution >= 0.6 is 11.3 Å². The van der Waals surface area contributed by atoms with Crippen LogP contribution in [0.3, 0.4) is 0 Å². The maximum atomic E-state index is 13.0. The molecule has 3 rings (SSSR count). The van der Waals surface area contributed by atoms with E-state index in [9.17, 15) is 9.59 Å². The van der Waals surface area contributed by atoms with E-state index in [1.54, 1.807) is 19.2 Å². The van der Waals surface area contributed by atoms with E-state index in [1.165, 1.54) is 11.3 Å². The summed E-state index contributed by atoms with van der Waals surface area (Å²) in [6, 6.07) is 9.96. The predicted molar refractivity (Wildman–Crippen MR) is 115 cm³/mol. The van der Waals surface area contributed by atoms with Crippen LogP contribution in [-0.2, 0) is 16.1 Å². The molecule has 30 heavy (non-hydrogen) atoms. The summed E-state index contributed by atoms with van der Waals surface area (Å²) in [6.45, 7) is 2.79. The van der Waals surface area contributed by atoms with Gasteiger partial charge < -0.3 is 19.5 Å². The third-order valence-electron chi connectivity index (χ3n) is 5.34. The average molecular weight is 433 g/mol. The number of para-hydroxylation sites is 1. The fourth-order valence-electron chi connectivity index (χ4n) is 3.53. The highest BCUT2D eigenvalue weighted by atomic mass is 32.1. The topological polar surface area (TPSA) is 88.1 Å². The molecule has 2 heterocycles. The van der Waals surface area contributed by atoms with Gasteiger partial charge in [0.1, 0.15) is 16.7 Å². The fourth-order valence-corrected chi connectivity index (χ4v) is 4.33. The van der Waals surface area contributed by atoms with Gasteiger partial charge in [-0.2, -0.15) is 0 Å². The molecule has 7 nitrogen and oxygen atoms in total. The van der Waals surface area contributed by atoms with E-state index in [1.807, 2.05) is 24.3 Å². The van der Waals surface area contributed by atoms with Crippen molar-refractivity contribution in [1.82, 2.24) is 10.2 Å². The van der Waals surface area contributed by atoms with E-state index in [0.29, 0.717) is 30.4 Å². The number of thiophene rings is 1. The molecule has 1 aromatic heterocycles. The summed E-state index contributed by atoms with van der Waals surface area (Å²) < 4.78 is 11.1. The van der Waals surface area contributed by atoms with Gasteiger partial charge in [0.25, 0.3) is 0 Å². The number of aromatic carboxylic acids is 1. The molecule has 0 aliphatic carbocycles. The van der Waals surface area contributed by atoms with Crippen LogP contribution in [0.5, 0.6) is 5.75 Å². The molecule has 1 aromatic carbocycles. The lowest BCUT2D eigenvalue weighted by Gasteiger charge is -2.29. The number of nitrogens with zero attached hydrogens (tertiary/aromatic N) is 1. The lowest BCUT2D eigenvalue weighted by molar-refractivity contribution is -0.148. The lowest BCUT2D eigenvalue weighted by Crippen LogP contribution is -2.34. The van der Waals surface area contributed by atoms with Crippen molar-refractivity contribution >= 4 is 23.3 Å². The number of benzene rings is 1. The zero-order chi connectivity index (χ0) is 21.5. The SMILES string of the molecule is COc1ccccc1C(NCc1ccc(C(=O)O)s1)C(=O)OCC1CCN(C)CC1. The first-order valence-electron chi connectivity index (χ1n) is 10.0. The van der Waals surface area contributed by atoms with Crippen LogP contribution in [0.25, 0.3) is 0 Å². The minimum Gasteiger partial charge on any atom is -0.496 e. The number of piperidine rings is 1. The number of hydrogen-bond donors (Lipinski definition) is 2. The molecule has 0 spiro atoms. The summed E-state index contributed by atoms with van der Waals surface area (Å²) in [5.41, 5.74) is 0.698. The Hall–Kier alpha value is -2.42. The quantitative estimate of drug-likeness (QED) is 0.589. The van der Waals surface area contributed by atoms with Crippen LogP contribution in [-0.4, -0.2) is 55.8 Å². The van der Waals surface area contributed by atoms with E-state index in [4.69, 9.17) is 14.6 Å². The molecule has 1 unspecified atom stereocenters. The van der Waals surface area contributed by atoms with Crippen LogP contribution < -0.4 is 10.1 Å². The summed E-state index contributed by atoms with van der Waals surface area (Å²) in [7, 11) is 3.67. The van der Waals surface area contributed by atoms with E-state index in [2.05, 4.69) is 17.3 Å². The molecule has 2 N–H and O–H groups in total. The molecule has 1 aliphatic heterocycles. The zero-order valence-electron chi connectivity index (χ0n) is 17.3. The van der Waals surface area contributed by atoms with Gasteiger partial charge in [-0.3, -0.25) is 5.32 Å². The number of carboxylic acid groups (broad SMARTS) is 1. The molecule has 1 atom stereocenters. The van der Waals surface area contributed by atoms with Crippen LogP contribution in [0.2, 0.25) is 0 Å². The molecule has 0 radical (unpaired) electrons. The van der Waals surface area contributed by atoms with Crippen molar-refractivity contribution < 1.29 is 24.2 Å². The molecule has 0 amide bonds. The third kappa shape index (κ3) is 5.81. The number of carbonyl (C=O) groups is 2. The Kier molecular flexibility index (Phi) is 7.84. The molecule has 1 fully saturated rings. The summed E-state index contributed by atoms with van der Waals surface area (Å²) in [5, 5.41) is 12.3. The Morgan fingerprint density at radius 1 is 1.23 bits per heavy atom. The van der Waals surface area contributed by atoms with E-state index >= 15 is 0 Å². The highest BCUT2D eigenvalue weighted by Gasteiger charge is 2.27. The smallest absolute Gasteiger partial charge is 0.345 e. The Balaban J connectivity index is 1.69. The first kappa shape index (κ1) is 22.3. The second-order valence-electron chi connectivity index (χ2n) is 7.50. The number of hydrogen-bond acceptors (Lipinski definition) is 7. The number of likely N-dealkylation sites (tertiary alicyclic amines) is 1. The van der Waals surface area contributed by atoms with E-state index < -0.39 is 12.0 Å². The van der Waals surface area contributed by atoms with Gasteiger partial charge in [0.15, 0.2) is 0 Å². The van der Waals surface area contributed by atoms with Crippen LogP contribution in [0.1, 0.15) is 39.0 Å². The van der Waals surface area contributed by atoms with Gasteiger partial charge in [-0.05, 0) is 57.1 Å². The Morgan fingerprint density at radius 3 is 2.63 bits per heavy atom. The normalized spacial score (nSPS) is 16.2. The van der Waals surface area contributed by atoms with Gasteiger partial charge in [-0.25, -0.2) is 9.59 Å². The predicted octanol–water partition coefficient (Wildman–Crippen LogP) is 3.17. The van der Waals surface area contributed by atoms with Crippen LogP contribution in [0, 0.1) is 5.92 Å². The number of nitrogens with one attached hydrogen (secondary N) is 1. The second kappa shape index (κ2) is 10.6. The minimum absolute atomic E-state index is 0.269. The van der Waals surface area contributed by atoms with Gasteiger partial charge in [0, 0.05) is 17.0 Å². The van der Waals surface area contributed by atoms with Crippen LogP contribution in [0.4, 0.5) is 0 Å². The summed E-state index contributed by atoms with van der Waals surface area (Å²) >= 11 is 1.19. The van der Waals surface area contributed by atoms with E-state index in [0.717, 1.165) is 30.8 Å². The maximum Gasteiger partial charge on any atom is 0.345 e. The number of carbonyl (C=O) groups excluding carboxylic acids is 1. The van der Waals surface area contributed by atoms with E-state index in [-0.39, 0.29) is 10.8 Å². The first-order valence-corrected chi connectivity index (χ1v) is 10.8. The number of methoxy groups -OCH3 is 1. The maximum absolute atomic E-state index is 13.0. The average Bonchev–Trinajstić information content (AvgIpc) is 3.23. The Labute approximate surface area is 180 Å². The van der Waals surface area contributed by atoms with Gasteiger partial charge >= 0.3 is 11.9 Å². The summed E-state index contributed by atoms with van der Waals surface area (Å²) in [4.78, 5) is 27.5. The Bertz CT molecular complexity index is 861. The van der Waals surface area contributed by atoms with Crippen LogP contribution in [0.15, 0.2) is 36.4 Å². The van der Waals surface area contributed by atoms with Crippen molar-refractivity contribution in [2.24, 2.45) is 5.92 Å². The lowest BCUT2D eigenvalue weighted by atomic mass is 9.98. The highest BCUT2D eigenvalue weighted by molar-refractivity contribution is 7.13. The summed E-state index contributed by atoms with van der Waals surface area (Å²) in [5.74, 6) is -0.332. The monoisotopic (exact) mass is 432 g/mol. The molecular formula is C22H28N2O5S. The van der Waals surface area contributed by atoms with Crippen molar-refractivity contribution in [3.8, 4) is 5.75 Å². The van der Waals surface area contributed by atoms with Crippen molar-refractivity contribution in [2.45, 2.75) is 25.4 Å². The largest absolute Gasteiger partial charge is 0.496 e. The minimum atomic E-state index is -0.954. The first-order chi connectivity index (χ1) is 14.5. The zero-order valence-corrected chi connectivity index (χ0v) is 18.1. The van der Waals surface area contributed by atoms with Crippen molar-refractivity contribution in [1.29, 1.82) is 0 Å². The molecule has 162 valence electrons. The fraction of sp³-hybridized carbons (Fsp3) is 0.455. The Morgan fingerprint density at radius 2 is 1.97 bits per heavy atom. The van der Waals surface area contributed by atoms with Crippen molar-refractivity contribution in [3.05, 3.63) is 51.7 Å². The molecule has 0 bridgehead atoms. The molecule has 8 heteroatoms. The van der Waals surface area contributed by atoms with Gasteiger partial charge in [-0.1, -0.05) is 18.2 Å². The van der Waals surface area contributed by atoms with Crippen molar-refractivity contribution in [2.75, 3.05) is 33.9 Å². The van der Waals surface area contributed by atoms with Gasteiger partial charge in [0.2, 0.25) is 0 Å². The highest BCUT2D eigenvalue weighted by Crippen LogP contribution is 2.27. The summed E-state index contributed by atoms with van der Waals surface area (Å²) in [6.07, 6.45) is 2.04. The number of ether oxygens (including phenoxy) is 2. The molecule has 2 aromatic rings. The van der Waals surface area contributed by atoms with Gasteiger partial charge in [-0.15, -0.1) is 11.3 Å². The number of carboxylic acids is 1. The van der Waals surface area contributed by atoms with Crippen molar-refractivity contribution in [3.63, 3.8) is 0 Å². The molecular weight excluding hydrogens is 404 g/mol. The standard InChI is InChI=1S/C22H28N2O5S/c1-24-11-9-15(10-12-24)14-29-22(27)20(17-5-3-4-6-18(17)28-2)23-13-16-7-8-19(30-16)21(25)26/h3-8,15,20,23H,9-14H2,1-2H3,(H,25,26). The number of rotatable bonds is 9.